The van der Waals surface area contributed by atoms with Gasteiger partial charge in [0.1, 0.15) is 5.82 Å². The summed E-state index contributed by atoms with van der Waals surface area (Å²) in [5, 5.41) is 3.68. The average molecular weight is 301 g/mol. The van der Waals surface area contributed by atoms with Crippen molar-refractivity contribution in [2.75, 3.05) is 26.2 Å². The first-order chi connectivity index (χ1) is 9.60. The van der Waals surface area contributed by atoms with Gasteiger partial charge in [0.2, 0.25) is 0 Å². The van der Waals surface area contributed by atoms with Crippen LogP contribution >= 0.6 is 11.6 Å². The first-order valence-corrected chi connectivity index (χ1v) is 7.88. The Balaban J connectivity index is 2.59. The van der Waals surface area contributed by atoms with Gasteiger partial charge >= 0.3 is 0 Å². The first kappa shape index (κ1) is 17.4. The summed E-state index contributed by atoms with van der Waals surface area (Å²) in [6, 6.07) is 5.47. The van der Waals surface area contributed by atoms with Crippen molar-refractivity contribution in [3.05, 3.63) is 34.6 Å². The zero-order chi connectivity index (χ0) is 15.0. The predicted molar refractivity (Wildman–Crippen MR) is 85.0 cm³/mol. The molecule has 114 valence electrons. The van der Waals surface area contributed by atoms with Gasteiger partial charge in [-0.05, 0) is 56.7 Å². The molecule has 1 rings (SSSR count). The van der Waals surface area contributed by atoms with Gasteiger partial charge in [0.05, 0.1) is 5.02 Å². The smallest absolute Gasteiger partial charge is 0.142 e. The highest BCUT2D eigenvalue weighted by atomic mass is 35.5. The molecule has 0 aliphatic heterocycles. The molecule has 0 spiro atoms. The zero-order valence-electron chi connectivity index (χ0n) is 12.8. The number of hydrogen-bond donors (Lipinski definition) is 1. The summed E-state index contributed by atoms with van der Waals surface area (Å²) in [6.07, 6.45) is 1.91. The number of rotatable bonds is 9. The fourth-order valence-electron chi connectivity index (χ4n) is 2.39. The van der Waals surface area contributed by atoms with E-state index >= 15 is 0 Å². The molecule has 0 amide bonds. The van der Waals surface area contributed by atoms with Crippen LogP contribution in [0.3, 0.4) is 0 Å². The highest BCUT2D eigenvalue weighted by molar-refractivity contribution is 6.30. The molecule has 0 saturated carbocycles. The molecule has 1 atom stereocenters. The van der Waals surface area contributed by atoms with Crippen molar-refractivity contribution >= 4 is 11.6 Å². The fourth-order valence-corrected chi connectivity index (χ4v) is 2.51. The van der Waals surface area contributed by atoms with Gasteiger partial charge in [-0.25, -0.2) is 4.39 Å². The minimum atomic E-state index is -0.330. The number of nitrogens with zero attached hydrogens (tertiary/aromatic N) is 1. The summed E-state index contributed by atoms with van der Waals surface area (Å²) in [7, 11) is 0. The molecule has 1 N–H and O–H groups in total. The first-order valence-electron chi connectivity index (χ1n) is 7.50. The van der Waals surface area contributed by atoms with Crippen LogP contribution in [-0.4, -0.2) is 37.1 Å². The Morgan fingerprint density at radius 2 is 1.95 bits per heavy atom. The standard InChI is InChI=1S/C16H26ClFN2/c1-4-19-14(9-10-20(5-2)6-3)11-13-7-8-15(17)16(18)12-13/h7-8,12,14,19H,4-6,9-11H2,1-3H3. The Labute approximate surface area is 127 Å². The third-order valence-corrected chi connectivity index (χ3v) is 3.95. The minimum absolute atomic E-state index is 0.192. The van der Waals surface area contributed by atoms with E-state index in [1.54, 1.807) is 12.1 Å². The largest absolute Gasteiger partial charge is 0.314 e. The van der Waals surface area contributed by atoms with Crippen LogP contribution in [0.2, 0.25) is 5.02 Å². The molecule has 0 bridgehead atoms. The van der Waals surface area contributed by atoms with E-state index in [4.69, 9.17) is 11.6 Å². The van der Waals surface area contributed by atoms with Gasteiger partial charge in [-0.15, -0.1) is 0 Å². The summed E-state index contributed by atoms with van der Waals surface area (Å²) in [5.74, 6) is -0.330. The lowest BCUT2D eigenvalue weighted by Crippen LogP contribution is -2.35. The SMILES string of the molecule is CCNC(CCN(CC)CC)Cc1ccc(Cl)c(F)c1. The monoisotopic (exact) mass is 300 g/mol. The number of hydrogen-bond acceptors (Lipinski definition) is 2. The van der Waals surface area contributed by atoms with Crippen LogP contribution in [0.25, 0.3) is 0 Å². The van der Waals surface area contributed by atoms with E-state index in [0.717, 1.165) is 44.6 Å². The van der Waals surface area contributed by atoms with Crippen molar-refractivity contribution in [1.82, 2.24) is 10.2 Å². The van der Waals surface area contributed by atoms with Crippen molar-refractivity contribution in [2.45, 2.75) is 39.7 Å². The maximum atomic E-state index is 13.5. The molecule has 0 aliphatic rings. The van der Waals surface area contributed by atoms with Crippen LogP contribution in [0.15, 0.2) is 18.2 Å². The number of likely N-dealkylation sites (N-methyl/N-ethyl adjacent to an activating group) is 1. The topological polar surface area (TPSA) is 15.3 Å². The molecule has 0 aromatic heterocycles. The Kier molecular flexibility index (Phi) is 8.12. The van der Waals surface area contributed by atoms with Gasteiger partial charge in [0, 0.05) is 6.04 Å². The molecular weight excluding hydrogens is 275 g/mol. The van der Waals surface area contributed by atoms with E-state index in [1.165, 1.54) is 0 Å². The second kappa shape index (κ2) is 9.32. The lowest BCUT2D eigenvalue weighted by atomic mass is 10.0. The molecule has 0 aliphatic carbocycles. The Hall–Kier alpha value is -0.640. The highest BCUT2D eigenvalue weighted by Gasteiger charge is 2.11. The number of nitrogens with one attached hydrogen (secondary N) is 1. The van der Waals surface area contributed by atoms with Crippen LogP contribution in [0.5, 0.6) is 0 Å². The van der Waals surface area contributed by atoms with Gasteiger partial charge in [0.15, 0.2) is 0 Å². The van der Waals surface area contributed by atoms with Crippen molar-refractivity contribution in [3.63, 3.8) is 0 Å². The molecule has 1 unspecified atom stereocenters. The van der Waals surface area contributed by atoms with Crippen molar-refractivity contribution in [2.24, 2.45) is 0 Å². The van der Waals surface area contributed by atoms with E-state index in [-0.39, 0.29) is 10.8 Å². The van der Waals surface area contributed by atoms with Crippen LogP contribution in [0.4, 0.5) is 4.39 Å². The third-order valence-electron chi connectivity index (χ3n) is 3.65. The molecule has 0 saturated heterocycles. The molecule has 2 nitrogen and oxygen atoms in total. The van der Waals surface area contributed by atoms with Gasteiger partial charge in [-0.1, -0.05) is 38.4 Å². The average Bonchev–Trinajstić information content (AvgIpc) is 2.44. The van der Waals surface area contributed by atoms with Crippen molar-refractivity contribution < 1.29 is 4.39 Å². The maximum absolute atomic E-state index is 13.5. The Bertz CT molecular complexity index is 394. The van der Waals surface area contributed by atoms with E-state index in [2.05, 4.69) is 31.0 Å². The van der Waals surface area contributed by atoms with Crippen LogP contribution in [0, 0.1) is 5.82 Å². The summed E-state index contributed by atoms with van der Waals surface area (Å²) < 4.78 is 13.5. The van der Waals surface area contributed by atoms with Crippen molar-refractivity contribution in [3.8, 4) is 0 Å². The van der Waals surface area contributed by atoms with Gasteiger partial charge in [0.25, 0.3) is 0 Å². The van der Waals surface area contributed by atoms with Crippen LogP contribution in [0.1, 0.15) is 32.8 Å². The summed E-state index contributed by atoms with van der Waals surface area (Å²) >= 11 is 5.72. The molecule has 1 aromatic rings. The van der Waals surface area contributed by atoms with Crippen molar-refractivity contribution in [1.29, 1.82) is 0 Å². The van der Waals surface area contributed by atoms with E-state index in [9.17, 15) is 4.39 Å². The quantitative estimate of drug-likeness (QED) is 0.747. The van der Waals surface area contributed by atoms with E-state index in [1.807, 2.05) is 6.07 Å². The summed E-state index contributed by atoms with van der Waals surface area (Å²) in [4.78, 5) is 2.41. The third kappa shape index (κ3) is 5.78. The normalized spacial score (nSPS) is 12.9. The molecule has 0 fully saturated rings. The second-order valence-corrected chi connectivity index (χ2v) is 5.43. The fraction of sp³-hybridized carbons (Fsp3) is 0.625. The van der Waals surface area contributed by atoms with Crippen LogP contribution in [-0.2, 0) is 6.42 Å². The molecule has 0 heterocycles. The van der Waals surface area contributed by atoms with Gasteiger partial charge in [-0.2, -0.15) is 0 Å². The molecule has 1 aromatic carbocycles. The van der Waals surface area contributed by atoms with Gasteiger partial charge in [-0.3, -0.25) is 0 Å². The van der Waals surface area contributed by atoms with Gasteiger partial charge < -0.3 is 10.2 Å². The second-order valence-electron chi connectivity index (χ2n) is 5.02. The zero-order valence-corrected chi connectivity index (χ0v) is 13.5. The lowest BCUT2D eigenvalue weighted by molar-refractivity contribution is 0.281. The Morgan fingerprint density at radius 1 is 1.25 bits per heavy atom. The summed E-state index contributed by atoms with van der Waals surface area (Å²) in [6.45, 7) is 10.6. The van der Waals surface area contributed by atoms with E-state index in [0.29, 0.717) is 6.04 Å². The predicted octanol–water partition coefficient (Wildman–Crippen LogP) is 3.73. The maximum Gasteiger partial charge on any atom is 0.142 e. The lowest BCUT2D eigenvalue weighted by Gasteiger charge is -2.23. The Morgan fingerprint density at radius 3 is 2.50 bits per heavy atom. The van der Waals surface area contributed by atoms with Crippen LogP contribution < -0.4 is 5.32 Å². The molecule has 20 heavy (non-hydrogen) atoms. The molecule has 0 radical (unpaired) electrons. The van der Waals surface area contributed by atoms with E-state index < -0.39 is 0 Å². The highest BCUT2D eigenvalue weighted by Crippen LogP contribution is 2.17. The summed E-state index contributed by atoms with van der Waals surface area (Å²) in [5.41, 5.74) is 0.998. The molecule has 4 heteroatoms. The molecular formula is C16H26ClFN2. The number of benzene rings is 1. The minimum Gasteiger partial charge on any atom is -0.314 e. The number of halogens is 2.